The van der Waals surface area contributed by atoms with Crippen LogP contribution in [0.15, 0.2) is 24.3 Å². The van der Waals surface area contributed by atoms with Crippen LogP contribution in [0.5, 0.6) is 11.5 Å². The van der Waals surface area contributed by atoms with Crippen molar-refractivity contribution in [1.29, 1.82) is 0 Å². The maximum absolute atomic E-state index is 12.9. The molecule has 270 valence electrons. The summed E-state index contributed by atoms with van der Waals surface area (Å²) in [7, 11) is 0. The average molecular weight is 665 g/mol. The Kier molecular flexibility index (Phi) is 12.4. The third kappa shape index (κ3) is 10.2. The second kappa shape index (κ2) is 14.5. The highest BCUT2D eigenvalue weighted by molar-refractivity contribution is 5.81. The van der Waals surface area contributed by atoms with Gasteiger partial charge in [-0.15, -0.1) is 0 Å². The zero-order chi connectivity index (χ0) is 37.3. The molecule has 6 N–H and O–H groups in total. The van der Waals surface area contributed by atoms with Gasteiger partial charge in [-0.05, 0) is 80.7 Å². The SMILES string of the molecule is CC(CCCCCCC(C)(Cc1cc(C(C)(C)C)c(O)c(C(C)(C)C)c1)C(N)=O)(Cc1cc(C(C)(C)C)c(O)c(C(C)(C)C)c1)C(N)=O. The molecule has 2 aromatic carbocycles. The van der Waals surface area contributed by atoms with Crippen molar-refractivity contribution in [2.75, 3.05) is 0 Å². The van der Waals surface area contributed by atoms with Crippen LogP contribution in [0.1, 0.15) is 169 Å². The lowest BCUT2D eigenvalue weighted by Crippen LogP contribution is -2.37. The summed E-state index contributed by atoms with van der Waals surface area (Å²) in [6, 6.07) is 8.16. The molecular formula is C42H68N2O4. The van der Waals surface area contributed by atoms with Gasteiger partial charge in [0, 0.05) is 0 Å². The second-order valence-electron chi connectivity index (χ2n) is 19.2. The summed E-state index contributed by atoms with van der Waals surface area (Å²) in [5.74, 6) is 0.0312. The van der Waals surface area contributed by atoms with Gasteiger partial charge < -0.3 is 21.7 Å². The van der Waals surface area contributed by atoms with E-state index in [4.69, 9.17) is 11.5 Å². The number of phenolic OH excluding ortho intramolecular Hbond substituents is 2. The van der Waals surface area contributed by atoms with Gasteiger partial charge in [0.05, 0.1) is 10.8 Å². The molecule has 0 aliphatic rings. The van der Waals surface area contributed by atoms with E-state index in [1.54, 1.807) is 0 Å². The first kappa shape index (κ1) is 41.2. The Morgan fingerprint density at radius 3 is 0.896 bits per heavy atom. The smallest absolute Gasteiger partial charge is 0.223 e. The summed E-state index contributed by atoms with van der Waals surface area (Å²) in [4.78, 5) is 25.7. The predicted octanol–water partition coefficient (Wildman–Crippen LogP) is 9.40. The first-order valence-corrected chi connectivity index (χ1v) is 17.9. The number of carbonyl (C=O) groups is 2. The highest BCUT2D eigenvalue weighted by Gasteiger charge is 2.35. The molecule has 0 spiro atoms. The van der Waals surface area contributed by atoms with Crippen LogP contribution in [0.25, 0.3) is 0 Å². The number of amides is 2. The van der Waals surface area contributed by atoms with Crippen molar-refractivity contribution in [3.63, 3.8) is 0 Å². The van der Waals surface area contributed by atoms with Crippen molar-refractivity contribution in [2.45, 2.75) is 170 Å². The molecule has 2 atom stereocenters. The topological polar surface area (TPSA) is 127 Å². The van der Waals surface area contributed by atoms with Crippen LogP contribution in [0, 0.1) is 10.8 Å². The van der Waals surface area contributed by atoms with E-state index in [1.807, 2.05) is 38.1 Å². The van der Waals surface area contributed by atoms with Gasteiger partial charge in [0.25, 0.3) is 0 Å². The fourth-order valence-corrected chi connectivity index (χ4v) is 6.76. The van der Waals surface area contributed by atoms with Gasteiger partial charge in [-0.3, -0.25) is 9.59 Å². The Morgan fingerprint density at radius 1 is 0.479 bits per heavy atom. The van der Waals surface area contributed by atoms with E-state index in [-0.39, 0.29) is 33.5 Å². The minimum absolute atomic E-state index is 0.255. The summed E-state index contributed by atoms with van der Waals surface area (Å²) in [5, 5.41) is 22.3. The van der Waals surface area contributed by atoms with Crippen molar-refractivity contribution in [3.8, 4) is 11.5 Å². The largest absolute Gasteiger partial charge is 0.507 e. The highest BCUT2D eigenvalue weighted by atomic mass is 16.3. The Balaban J connectivity index is 2.17. The van der Waals surface area contributed by atoms with E-state index in [1.165, 1.54) is 0 Å². The molecule has 0 bridgehead atoms. The molecule has 0 heterocycles. The van der Waals surface area contributed by atoms with E-state index in [0.29, 0.717) is 37.2 Å². The van der Waals surface area contributed by atoms with Crippen LogP contribution in [0.3, 0.4) is 0 Å². The van der Waals surface area contributed by atoms with Crippen molar-refractivity contribution < 1.29 is 19.8 Å². The molecule has 0 radical (unpaired) electrons. The molecule has 2 aromatic rings. The maximum atomic E-state index is 12.9. The molecule has 2 rings (SSSR count). The predicted molar refractivity (Wildman–Crippen MR) is 201 cm³/mol. The average Bonchev–Trinajstić information content (AvgIpc) is 2.89. The summed E-state index contributed by atoms with van der Waals surface area (Å²) in [6.07, 6.45) is 5.83. The fraction of sp³-hybridized carbons (Fsp3) is 0.667. The van der Waals surface area contributed by atoms with Crippen molar-refractivity contribution in [1.82, 2.24) is 0 Å². The molecule has 2 amide bonds. The summed E-state index contributed by atoms with van der Waals surface area (Å²) < 4.78 is 0. The normalized spacial score (nSPS) is 15.5. The zero-order valence-corrected chi connectivity index (χ0v) is 32.8. The number of aromatic hydroxyl groups is 2. The first-order chi connectivity index (χ1) is 21.5. The molecule has 0 aromatic heterocycles. The number of hydrogen-bond acceptors (Lipinski definition) is 4. The van der Waals surface area contributed by atoms with Crippen LogP contribution in [0.2, 0.25) is 0 Å². The molecule has 0 fully saturated rings. The van der Waals surface area contributed by atoms with Crippen LogP contribution >= 0.6 is 0 Å². The number of hydrogen-bond donors (Lipinski definition) is 4. The van der Waals surface area contributed by atoms with Crippen molar-refractivity contribution in [3.05, 3.63) is 57.6 Å². The van der Waals surface area contributed by atoms with E-state index < -0.39 is 10.8 Å². The number of primary amides is 2. The molecular weight excluding hydrogens is 596 g/mol. The van der Waals surface area contributed by atoms with Gasteiger partial charge in [-0.25, -0.2) is 0 Å². The second-order valence-corrected chi connectivity index (χ2v) is 19.2. The standard InChI is InChI=1S/C42H68N2O4/c1-37(2,3)29-21-27(22-30(33(29)45)38(4,5)6)25-41(13,35(43)47)19-17-15-16-18-20-42(14,36(44)48)26-28-23-31(39(7,8)9)34(46)32(24-28)40(10,11)12/h21-24,45-46H,15-20,25-26H2,1-14H3,(H2,43,47)(H2,44,48). The molecule has 6 nitrogen and oxygen atoms in total. The number of carbonyl (C=O) groups excluding carboxylic acids is 2. The fourth-order valence-electron chi connectivity index (χ4n) is 6.76. The molecule has 0 saturated carbocycles. The van der Waals surface area contributed by atoms with E-state index in [9.17, 15) is 19.8 Å². The Morgan fingerprint density at radius 2 is 0.708 bits per heavy atom. The van der Waals surface area contributed by atoms with Crippen LogP contribution in [0.4, 0.5) is 0 Å². The van der Waals surface area contributed by atoms with Crippen molar-refractivity contribution >= 4 is 11.8 Å². The van der Waals surface area contributed by atoms with Gasteiger partial charge >= 0.3 is 0 Å². The molecule has 48 heavy (non-hydrogen) atoms. The molecule has 0 aliphatic heterocycles. The van der Waals surface area contributed by atoms with Gasteiger partial charge in [0.1, 0.15) is 11.5 Å². The summed E-state index contributed by atoms with van der Waals surface area (Å²) in [5.41, 5.74) is 15.1. The summed E-state index contributed by atoms with van der Waals surface area (Å²) in [6.45, 7) is 29.0. The number of phenols is 2. The number of benzene rings is 2. The molecule has 0 aliphatic carbocycles. The molecule has 2 unspecified atom stereocenters. The highest BCUT2D eigenvalue weighted by Crippen LogP contribution is 2.43. The summed E-state index contributed by atoms with van der Waals surface area (Å²) >= 11 is 0. The van der Waals surface area contributed by atoms with E-state index in [2.05, 4.69) is 83.1 Å². The maximum Gasteiger partial charge on any atom is 0.223 e. The third-order valence-electron chi connectivity index (χ3n) is 10.2. The quantitative estimate of drug-likeness (QED) is 0.159. The van der Waals surface area contributed by atoms with Gasteiger partial charge in [0.15, 0.2) is 0 Å². The number of unbranched alkanes of at least 4 members (excludes halogenated alkanes) is 3. The van der Waals surface area contributed by atoms with E-state index >= 15 is 0 Å². The molecule has 0 saturated heterocycles. The minimum Gasteiger partial charge on any atom is -0.507 e. The first-order valence-electron chi connectivity index (χ1n) is 17.9. The molecule has 6 heteroatoms. The van der Waals surface area contributed by atoms with Gasteiger partial charge in [-0.1, -0.05) is 147 Å². The lowest BCUT2D eigenvalue weighted by molar-refractivity contribution is -0.128. The van der Waals surface area contributed by atoms with E-state index in [0.717, 1.165) is 59.1 Å². The Bertz CT molecular complexity index is 1280. The lowest BCUT2D eigenvalue weighted by Gasteiger charge is -2.31. The van der Waals surface area contributed by atoms with Crippen LogP contribution in [-0.4, -0.2) is 22.0 Å². The Labute approximate surface area is 292 Å². The van der Waals surface area contributed by atoms with Gasteiger partial charge in [0.2, 0.25) is 11.8 Å². The number of rotatable bonds is 13. The monoisotopic (exact) mass is 665 g/mol. The Hall–Kier alpha value is -3.02. The van der Waals surface area contributed by atoms with Gasteiger partial charge in [-0.2, -0.15) is 0 Å². The number of nitrogens with two attached hydrogens (primary N) is 2. The van der Waals surface area contributed by atoms with Crippen LogP contribution in [-0.2, 0) is 44.1 Å². The lowest BCUT2D eigenvalue weighted by atomic mass is 9.73. The van der Waals surface area contributed by atoms with Crippen molar-refractivity contribution in [2.24, 2.45) is 22.3 Å². The van der Waals surface area contributed by atoms with Crippen LogP contribution < -0.4 is 11.5 Å². The third-order valence-corrected chi connectivity index (χ3v) is 10.2. The zero-order valence-electron chi connectivity index (χ0n) is 32.8. The minimum atomic E-state index is -0.725.